The van der Waals surface area contributed by atoms with E-state index in [1.165, 1.54) is 13.3 Å². The molecule has 0 atom stereocenters. The van der Waals surface area contributed by atoms with Crippen molar-refractivity contribution in [2.75, 3.05) is 20.2 Å². The molecule has 0 aliphatic rings. The van der Waals surface area contributed by atoms with Crippen LogP contribution in [-0.2, 0) is 9.53 Å². The van der Waals surface area contributed by atoms with E-state index in [0.29, 0.717) is 13.1 Å². The lowest BCUT2D eigenvalue weighted by molar-refractivity contribution is -0.139. The molecule has 0 fully saturated rings. The molecule has 0 radical (unpaired) electrons. The zero-order valence-corrected chi connectivity index (χ0v) is 6.04. The third-order valence-electron chi connectivity index (χ3n) is 0.873. The van der Waals surface area contributed by atoms with Crippen molar-refractivity contribution >= 4 is 12.2 Å². The molecule has 0 aromatic rings. The highest BCUT2D eigenvalue weighted by Gasteiger charge is 1.92. The van der Waals surface area contributed by atoms with Crippen LogP contribution in [0.4, 0.5) is 0 Å². The minimum atomic E-state index is -0.277. The Morgan fingerprint density at radius 3 is 3.00 bits per heavy atom. The van der Waals surface area contributed by atoms with Crippen LogP contribution in [0.5, 0.6) is 0 Å². The summed E-state index contributed by atoms with van der Waals surface area (Å²) in [6.07, 6.45) is 1.75. The van der Waals surface area contributed by atoms with Gasteiger partial charge in [0.15, 0.2) is 0 Å². The molecule has 0 aromatic heterocycles. The largest absolute Gasteiger partial charge is 0.469 e. The molecule has 0 bridgehead atoms. The van der Waals surface area contributed by atoms with Crippen LogP contribution in [0.3, 0.4) is 0 Å². The molecule has 0 saturated heterocycles. The van der Waals surface area contributed by atoms with Crippen molar-refractivity contribution in [3.63, 3.8) is 0 Å². The van der Waals surface area contributed by atoms with E-state index in [9.17, 15) is 4.79 Å². The standard InChI is InChI=1S/C6H12N2O2/c1-10-6(9)2-4-8-5-3-7/h4H,2-3,5,7H2,1H3/b8-4+. The summed E-state index contributed by atoms with van der Waals surface area (Å²) in [6.45, 7) is 1.08. The number of hydrogen-bond acceptors (Lipinski definition) is 4. The summed E-state index contributed by atoms with van der Waals surface area (Å²) in [5.41, 5.74) is 5.15. The fourth-order valence-corrected chi connectivity index (χ4v) is 0.388. The molecule has 0 rings (SSSR count). The van der Waals surface area contributed by atoms with Crippen LogP contribution in [0.15, 0.2) is 4.99 Å². The number of methoxy groups -OCH3 is 1. The van der Waals surface area contributed by atoms with Crippen LogP contribution < -0.4 is 5.73 Å². The second kappa shape index (κ2) is 6.22. The molecule has 0 aliphatic carbocycles. The molecule has 0 spiro atoms. The number of aliphatic imine (C=N–C) groups is 1. The Balaban J connectivity index is 3.25. The van der Waals surface area contributed by atoms with Gasteiger partial charge in [-0.25, -0.2) is 0 Å². The van der Waals surface area contributed by atoms with E-state index in [0.717, 1.165) is 0 Å². The summed E-state index contributed by atoms with van der Waals surface area (Å²) in [7, 11) is 1.35. The van der Waals surface area contributed by atoms with Gasteiger partial charge in [0.2, 0.25) is 0 Å². The van der Waals surface area contributed by atoms with Crippen molar-refractivity contribution in [2.45, 2.75) is 6.42 Å². The van der Waals surface area contributed by atoms with Gasteiger partial charge in [0.05, 0.1) is 20.1 Å². The van der Waals surface area contributed by atoms with Crippen LogP contribution in [0.1, 0.15) is 6.42 Å². The average molecular weight is 144 g/mol. The highest BCUT2D eigenvalue weighted by atomic mass is 16.5. The van der Waals surface area contributed by atoms with Crippen LogP contribution in [-0.4, -0.2) is 32.4 Å². The molecule has 0 unspecified atom stereocenters. The molecule has 2 N–H and O–H groups in total. The zero-order valence-electron chi connectivity index (χ0n) is 6.04. The summed E-state index contributed by atoms with van der Waals surface area (Å²) in [6, 6.07) is 0. The van der Waals surface area contributed by atoms with Gasteiger partial charge in [-0.2, -0.15) is 0 Å². The van der Waals surface area contributed by atoms with Gasteiger partial charge >= 0.3 is 5.97 Å². The van der Waals surface area contributed by atoms with Crippen molar-refractivity contribution in [3.05, 3.63) is 0 Å². The van der Waals surface area contributed by atoms with Crippen molar-refractivity contribution in [1.29, 1.82) is 0 Å². The van der Waals surface area contributed by atoms with E-state index in [4.69, 9.17) is 5.73 Å². The van der Waals surface area contributed by atoms with Crippen molar-refractivity contribution in [2.24, 2.45) is 10.7 Å². The first kappa shape index (κ1) is 9.10. The van der Waals surface area contributed by atoms with E-state index in [2.05, 4.69) is 9.73 Å². The van der Waals surface area contributed by atoms with E-state index in [1.807, 2.05) is 0 Å². The molecule has 4 nitrogen and oxygen atoms in total. The second-order valence-corrected chi connectivity index (χ2v) is 1.66. The minimum Gasteiger partial charge on any atom is -0.469 e. The van der Waals surface area contributed by atoms with Gasteiger partial charge in [-0.05, 0) is 0 Å². The van der Waals surface area contributed by atoms with Gasteiger partial charge in [0.1, 0.15) is 0 Å². The quantitative estimate of drug-likeness (QED) is 0.430. The third-order valence-corrected chi connectivity index (χ3v) is 0.873. The lowest BCUT2D eigenvalue weighted by Gasteiger charge is -1.90. The number of carbonyl (C=O) groups is 1. The lowest BCUT2D eigenvalue weighted by Crippen LogP contribution is -2.04. The SMILES string of the molecule is COC(=O)C/C=N/CCN. The highest BCUT2D eigenvalue weighted by Crippen LogP contribution is 1.78. The number of nitrogens with two attached hydrogens (primary N) is 1. The normalized spacial score (nSPS) is 10.2. The van der Waals surface area contributed by atoms with Crippen LogP contribution >= 0.6 is 0 Å². The Bertz CT molecular complexity index is 123. The molecular formula is C6H12N2O2. The molecule has 0 heterocycles. The fraction of sp³-hybridized carbons (Fsp3) is 0.667. The molecule has 0 saturated carbocycles. The molecule has 0 aromatic carbocycles. The first-order valence-corrected chi connectivity index (χ1v) is 3.06. The van der Waals surface area contributed by atoms with E-state index < -0.39 is 0 Å². The second-order valence-electron chi connectivity index (χ2n) is 1.66. The predicted molar refractivity (Wildman–Crippen MR) is 39.0 cm³/mol. The fourth-order valence-electron chi connectivity index (χ4n) is 0.388. The molecule has 0 aliphatic heterocycles. The summed E-state index contributed by atoms with van der Waals surface area (Å²) >= 11 is 0. The van der Waals surface area contributed by atoms with Gasteiger partial charge in [0, 0.05) is 12.8 Å². The van der Waals surface area contributed by atoms with Crippen molar-refractivity contribution in [1.82, 2.24) is 0 Å². The Morgan fingerprint density at radius 1 is 1.80 bits per heavy atom. The van der Waals surface area contributed by atoms with Gasteiger partial charge in [-0.3, -0.25) is 9.79 Å². The average Bonchev–Trinajstić information content (AvgIpc) is 1.98. The number of esters is 1. The highest BCUT2D eigenvalue weighted by molar-refractivity contribution is 5.85. The predicted octanol–water partition coefficient (Wildman–Crippen LogP) is -0.421. The summed E-state index contributed by atoms with van der Waals surface area (Å²) in [5.74, 6) is -0.277. The Kier molecular flexibility index (Phi) is 5.66. The van der Waals surface area contributed by atoms with Gasteiger partial charge in [-0.1, -0.05) is 0 Å². The van der Waals surface area contributed by atoms with E-state index in [1.54, 1.807) is 0 Å². The topological polar surface area (TPSA) is 64.7 Å². The monoisotopic (exact) mass is 144 g/mol. The van der Waals surface area contributed by atoms with E-state index in [-0.39, 0.29) is 12.4 Å². The summed E-state index contributed by atoms with van der Waals surface area (Å²) < 4.78 is 4.37. The van der Waals surface area contributed by atoms with Crippen LogP contribution in [0, 0.1) is 0 Å². The first-order valence-electron chi connectivity index (χ1n) is 3.06. The number of ether oxygens (including phenoxy) is 1. The maximum absolute atomic E-state index is 10.4. The summed E-state index contributed by atoms with van der Waals surface area (Å²) in [4.78, 5) is 14.3. The number of rotatable bonds is 4. The Hall–Kier alpha value is -0.900. The van der Waals surface area contributed by atoms with Gasteiger partial charge in [0.25, 0.3) is 0 Å². The Labute approximate surface area is 60.1 Å². The number of nitrogens with zero attached hydrogens (tertiary/aromatic N) is 1. The third kappa shape index (κ3) is 5.24. The number of carbonyl (C=O) groups excluding carboxylic acids is 1. The molecule has 0 amide bonds. The maximum atomic E-state index is 10.4. The van der Waals surface area contributed by atoms with Crippen LogP contribution in [0.2, 0.25) is 0 Å². The maximum Gasteiger partial charge on any atom is 0.310 e. The molecule has 10 heavy (non-hydrogen) atoms. The smallest absolute Gasteiger partial charge is 0.310 e. The van der Waals surface area contributed by atoms with Gasteiger partial charge in [-0.15, -0.1) is 0 Å². The zero-order chi connectivity index (χ0) is 7.82. The molecule has 58 valence electrons. The van der Waals surface area contributed by atoms with Crippen LogP contribution in [0.25, 0.3) is 0 Å². The Morgan fingerprint density at radius 2 is 2.50 bits per heavy atom. The minimum absolute atomic E-state index is 0.233. The van der Waals surface area contributed by atoms with Crippen molar-refractivity contribution < 1.29 is 9.53 Å². The van der Waals surface area contributed by atoms with Crippen molar-refractivity contribution in [3.8, 4) is 0 Å². The summed E-state index contributed by atoms with van der Waals surface area (Å²) in [5, 5.41) is 0. The molecular weight excluding hydrogens is 132 g/mol. The lowest BCUT2D eigenvalue weighted by atomic mass is 10.5. The first-order chi connectivity index (χ1) is 4.81. The van der Waals surface area contributed by atoms with Gasteiger partial charge < -0.3 is 10.5 Å². The van der Waals surface area contributed by atoms with E-state index >= 15 is 0 Å². The number of hydrogen-bond donors (Lipinski definition) is 1. The molecule has 4 heteroatoms.